The monoisotopic (exact) mass is 328 g/mol. The van der Waals surface area contributed by atoms with Crippen LogP contribution in [0.2, 0.25) is 0 Å². The first-order chi connectivity index (χ1) is 7.08. The molecule has 0 aliphatic carbocycles. The summed E-state index contributed by atoms with van der Waals surface area (Å²) in [6.45, 7) is 2.14. The Hall–Kier alpha value is 0.350. The van der Waals surface area contributed by atoms with Crippen LogP contribution in [0.15, 0.2) is 15.2 Å². The number of thiophene rings is 1. The molecule has 1 unspecified atom stereocenters. The predicted molar refractivity (Wildman–Crippen MR) is 75.5 cm³/mol. The summed E-state index contributed by atoms with van der Waals surface area (Å²) >= 11 is 5.10. The lowest BCUT2D eigenvalue weighted by Crippen LogP contribution is -2.34. The molecule has 0 spiro atoms. The van der Waals surface area contributed by atoms with Crippen molar-refractivity contribution in [2.45, 2.75) is 12.6 Å². The number of hydrogen-bond donors (Lipinski definition) is 2. The largest absolute Gasteiger partial charge is 0.390 e. The van der Waals surface area contributed by atoms with Crippen LogP contribution in [0.3, 0.4) is 0 Å². The molecule has 1 heterocycles. The molecular formula is C10H18BrClN2OS. The second-order valence-electron chi connectivity index (χ2n) is 3.81. The topological polar surface area (TPSA) is 35.5 Å². The first kappa shape index (κ1) is 16.4. The smallest absolute Gasteiger partial charge is 0.0791 e. The molecule has 0 radical (unpaired) electrons. The SMILES string of the molecule is CN(C)CC(O)CNCc1csc(Br)c1.Cl. The van der Waals surface area contributed by atoms with Gasteiger partial charge in [-0.2, -0.15) is 0 Å². The van der Waals surface area contributed by atoms with E-state index in [1.54, 1.807) is 11.3 Å². The highest BCUT2D eigenvalue weighted by Gasteiger charge is 2.04. The number of nitrogens with one attached hydrogen (secondary N) is 1. The highest BCUT2D eigenvalue weighted by Crippen LogP contribution is 2.20. The van der Waals surface area contributed by atoms with Gasteiger partial charge in [-0.3, -0.25) is 0 Å². The molecule has 0 amide bonds. The number of hydrogen-bond acceptors (Lipinski definition) is 4. The number of aliphatic hydroxyl groups excluding tert-OH is 1. The van der Waals surface area contributed by atoms with Crippen LogP contribution in [0.25, 0.3) is 0 Å². The molecule has 16 heavy (non-hydrogen) atoms. The lowest BCUT2D eigenvalue weighted by Gasteiger charge is -2.16. The van der Waals surface area contributed by atoms with E-state index in [4.69, 9.17) is 0 Å². The average molecular weight is 330 g/mol. The van der Waals surface area contributed by atoms with Gasteiger partial charge in [-0.15, -0.1) is 23.7 Å². The molecule has 1 aromatic rings. The van der Waals surface area contributed by atoms with Gasteiger partial charge in [0.15, 0.2) is 0 Å². The van der Waals surface area contributed by atoms with E-state index < -0.39 is 0 Å². The minimum absolute atomic E-state index is 0. The second kappa shape index (κ2) is 8.44. The van der Waals surface area contributed by atoms with Gasteiger partial charge in [-0.05, 0) is 47.0 Å². The van der Waals surface area contributed by atoms with E-state index in [1.807, 2.05) is 19.0 Å². The van der Waals surface area contributed by atoms with Crippen molar-refractivity contribution >= 4 is 39.7 Å². The molecule has 0 fully saturated rings. The van der Waals surface area contributed by atoms with Crippen LogP contribution in [0.5, 0.6) is 0 Å². The molecule has 0 saturated heterocycles. The summed E-state index contributed by atoms with van der Waals surface area (Å²) in [6.07, 6.45) is -0.304. The van der Waals surface area contributed by atoms with Gasteiger partial charge in [0, 0.05) is 19.6 Å². The fourth-order valence-electron chi connectivity index (χ4n) is 1.31. The summed E-state index contributed by atoms with van der Waals surface area (Å²) in [6, 6.07) is 2.09. The van der Waals surface area contributed by atoms with Gasteiger partial charge in [0.25, 0.3) is 0 Å². The molecule has 1 rings (SSSR count). The molecule has 94 valence electrons. The predicted octanol–water partition coefficient (Wildman–Crippen LogP) is 1.94. The van der Waals surface area contributed by atoms with E-state index in [-0.39, 0.29) is 18.5 Å². The average Bonchev–Trinajstić information content (AvgIpc) is 2.50. The lowest BCUT2D eigenvalue weighted by atomic mass is 10.3. The number of halogens is 2. The molecule has 0 saturated carbocycles. The van der Waals surface area contributed by atoms with Gasteiger partial charge >= 0.3 is 0 Å². The van der Waals surface area contributed by atoms with Gasteiger partial charge in [-0.1, -0.05) is 0 Å². The van der Waals surface area contributed by atoms with E-state index in [2.05, 4.69) is 32.7 Å². The third kappa shape index (κ3) is 6.83. The Kier molecular flexibility index (Phi) is 8.63. The molecule has 0 aromatic carbocycles. The summed E-state index contributed by atoms with van der Waals surface area (Å²) in [5.74, 6) is 0. The maximum absolute atomic E-state index is 9.59. The molecule has 6 heteroatoms. The first-order valence-corrected chi connectivity index (χ1v) is 6.51. The maximum atomic E-state index is 9.59. The van der Waals surface area contributed by atoms with E-state index in [0.717, 1.165) is 10.3 Å². The van der Waals surface area contributed by atoms with Crippen molar-refractivity contribution in [2.75, 3.05) is 27.2 Å². The number of rotatable bonds is 6. The van der Waals surface area contributed by atoms with Crippen molar-refractivity contribution in [3.05, 3.63) is 20.8 Å². The number of nitrogens with zero attached hydrogens (tertiary/aromatic N) is 1. The Labute approximate surface area is 115 Å². The zero-order valence-corrected chi connectivity index (χ0v) is 12.7. The lowest BCUT2D eigenvalue weighted by molar-refractivity contribution is 0.134. The zero-order chi connectivity index (χ0) is 11.3. The van der Waals surface area contributed by atoms with Crippen LogP contribution in [0, 0.1) is 0 Å². The second-order valence-corrected chi connectivity index (χ2v) is 6.10. The van der Waals surface area contributed by atoms with Crippen molar-refractivity contribution in [1.82, 2.24) is 10.2 Å². The Morgan fingerprint density at radius 3 is 2.75 bits per heavy atom. The van der Waals surface area contributed by atoms with Crippen LogP contribution >= 0.6 is 39.7 Å². The normalized spacial score (nSPS) is 12.6. The molecule has 0 bridgehead atoms. The summed E-state index contributed by atoms with van der Waals surface area (Å²) < 4.78 is 1.15. The highest BCUT2D eigenvalue weighted by atomic mass is 79.9. The van der Waals surface area contributed by atoms with Crippen LogP contribution in [-0.4, -0.2) is 43.3 Å². The molecule has 1 aromatic heterocycles. The quantitative estimate of drug-likeness (QED) is 0.837. The molecule has 0 aliphatic heterocycles. The fourth-order valence-corrected chi connectivity index (χ4v) is 2.52. The molecule has 0 aliphatic rings. The van der Waals surface area contributed by atoms with Crippen molar-refractivity contribution in [2.24, 2.45) is 0 Å². The summed E-state index contributed by atoms with van der Waals surface area (Å²) in [4.78, 5) is 1.98. The Bertz CT molecular complexity index is 296. The molecule has 1 atom stereocenters. The van der Waals surface area contributed by atoms with Crippen LogP contribution in [0.4, 0.5) is 0 Å². The third-order valence-electron chi connectivity index (χ3n) is 1.91. The minimum Gasteiger partial charge on any atom is -0.390 e. The standard InChI is InChI=1S/C10H17BrN2OS.ClH/c1-13(2)6-9(14)5-12-4-8-3-10(11)15-7-8;/h3,7,9,12,14H,4-6H2,1-2H3;1H. The van der Waals surface area contributed by atoms with Crippen LogP contribution < -0.4 is 5.32 Å². The van der Waals surface area contributed by atoms with Gasteiger partial charge < -0.3 is 15.3 Å². The molecular weight excluding hydrogens is 312 g/mol. The van der Waals surface area contributed by atoms with Gasteiger partial charge in [0.2, 0.25) is 0 Å². The first-order valence-electron chi connectivity index (χ1n) is 4.84. The Morgan fingerprint density at radius 2 is 2.25 bits per heavy atom. The maximum Gasteiger partial charge on any atom is 0.0791 e. The van der Waals surface area contributed by atoms with Crippen molar-refractivity contribution in [3.63, 3.8) is 0 Å². The van der Waals surface area contributed by atoms with E-state index in [1.165, 1.54) is 5.56 Å². The fraction of sp³-hybridized carbons (Fsp3) is 0.600. The van der Waals surface area contributed by atoms with Crippen LogP contribution in [-0.2, 0) is 6.54 Å². The van der Waals surface area contributed by atoms with E-state index in [9.17, 15) is 5.11 Å². The van der Waals surface area contributed by atoms with Gasteiger partial charge in [-0.25, -0.2) is 0 Å². The van der Waals surface area contributed by atoms with Crippen molar-refractivity contribution < 1.29 is 5.11 Å². The molecule has 2 N–H and O–H groups in total. The third-order valence-corrected chi connectivity index (χ3v) is 3.46. The summed E-state index contributed by atoms with van der Waals surface area (Å²) in [7, 11) is 3.92. The number of aliphatic hydroxyl groups is 1. The Balaban J connectivity index is 0.00000225. The summed E-state index contributed by atoms with van der Waals surface area (Å²) in [5.41, 5.74) is 1.25. The van der Waals surface area contributed by atoms with Crippen molar-refractivity contribution in [1.29, 1.82) is 0 Å². The Morgan fingerprint density at radius 1 is 1.56 bits per heavy atom. The van der Waals surface area contributed by atoms with Gasteiger partial charge in [0.1, 0.15) is 0 Å². The van der Waals surface area contributed by atoms with Crippen molar-refractivity contribution in [3.8, 4) is 0 Å². The van der Waals surface area contributed by atoms with Crippen LogP contribution in [0.1, 0.15) is 5.56 Å². The highest BCUT2D eigenvalue weighted by molar-refractivity contribution is 9.11. The summed E-state index contributed by atoms with van der Waals surface area (Å²) in [5, 5.41) is 14.9. The van der Waals surface area contributed by atoms with Gasteiger partial charge in [0.05, 0.1) is 9.89 Å². The van der Waals surface area contributed by atoms with E-state index in [0.29, 0.717) is 13.1 Å². The zero-order valence-electron chi connectivity index (χ0n) is 9.44. The minimum atomic E-state index is -0.304. The number of likely N-dealkylation sites (N-methyl/N-ethyl adjacent to an activating group) is 1. The van der Waals surface area contributed by atoms with E-state index >= 15 is 0 Å². The molecule has 3 nitrogen and oxygen atoms in total.